The maximum Gasteiger partial charge on any atom is 0.326 e. The zero-order valence-corrected chi connectivity index (χ0v) is 19.4. The van der Waals surface area contributed by atoms with Crippen LogP contribution < -0.4 is 21.5 Å². The second-order valence-electron chi connectivity index (χ2n) is 7.64. The third kappa shape index (κ3) is 5.08. The van der Waals surface area contributed by atoms with Gasteiger partial charge in [0.05, 0.1) is 27.0 Å². The predicted molar refractivity (Wildman–Crippen MR) is 134 cm³/mol. The van der Waals surface area contributed by atoms with E-state index in [0.29, 0.717) is 16.7 Å². The molecule has 0 saturated carbocycles. The maximum absolute atomic E-state index is 12.6. The lowest BCUT2D eigenvalue weighted by Crippen LogP contribution is -2.41. The van der Waals surface area contributed by atoms with E-state index in [1.165, 1.54) is 24.5 Å². The summed E-state index contributed by atoms with van der Waals surface area (Å²) in [5.74, 6) is -1.66. The van der Waals surface area contributed by atoms with Crippen LogP contribution in [0.25, 0.3) is 11.1 Å². The van der Waals surface area contributed by atoms with Crippen LogP contribution in [0.5, 0.6) is 0 Å². The molecule has 176 valence electrons. The molecule has 1 heterocycles. The van der Waals surface area contributed by atoms with Crippen molar-refractivity contribution in [3.63, 3.8) is 0 Å². The van der Waals surface area contributed by atoms with Gasteiger partial charge in [-0.2, -0.15) is 0 Å². The number of carbonyl (C=O) groups is 2. The number of amides is 1. The minimum atomic E-state index is -1.19. The fourth-order valence-electron chi connectivity index (χ4n) is 3.53. The summed E-state index contributed by atoms with van der Waals surface area (Å²) in [6, 6.07) is 13.6. The van der Waals surface area contributed by atoms with E-state index in [1.54, 1.807) is 42.5 Å². The molecule has 8 nitrogen and oxygen atoms in total. The van der Waals surface area contributed by atoms with Gasteiger partial charge in [0.15, 0.2) is 0 Å². The van der Waals surface area contributed by atoms with Crippen molar-refractivity contribution in [2.45, 2.75) is 12.5 Å². The number of nitrogens with one attached hydrogen (secondary N) is 2. The van der Waals surface area contributed by atoms with Crippen LogP contribution in [-0.2, 0) is 11.2 Å². The van der Waals surface area contributed by atoms with E-state index < -0.39 is 28.8 Å². The van der Waals surface area contributed by atoms with Gasteiger partial charge in [-0.05, 0) is 23.3 Å². The molecular formula is C25H17Cl2N3O5. The second kappa shape index (κ2) is 10.1. The summed E-state index contributed by atoms with van der Waals surface area (Å²) in [4.78, 5) is 52.5. The average molecular weight is 510 g/mol. The molecule has 35 heavy (non-hydrogen) atoms. The molecule has 0 saturated heterocycles. The summed E-state index contributed by atoms with van der Waals surface area (Å²) < 4.78 is 0. The molecule has 4 aromatic rings. The number of rotatable bonds is 8. The number of carboxylic acids is 1. The first-order valence-electron chi connectivity index (χ1n) is 10.3. The molecule has 0 fully saturated rings. The second-order valence-corrected chi connectivity index (χ2v) is 8.46. The number of pyridine rings is 1. The van der Waals surface area contributed by atoms with Gasteiger partial charge in [-0.1, -0.05) is 65.7 Å². The van der Waals surface area contributed by atoms with Crippen LogP contribution in [0.2, 0.25) is 10.0 Å². The van der Waals surface area contributed by atoms with Gasteiger partial charge < -0.3 is 15.7 Å². The highest BCUT2D eigenvalue weighted by Crippen LogP contribution is 2.29. The van der Waals surface area contributed by atoms with Crippen LogP contribution in [0.3, 0.4) is 0 Å². The molecule has 1 amide bonds. The summed E-state index contributed by atoms with van der Waals surface area (Å²) in [7, 11) is 0. The fourth-order valence-corrected chi connectivity index (χ4v) is 3.99. The highest BCUT2D eigenvalue weighted by molar-refractivity contribution is 6.39. The molecule has 3 aromatic carbocycles. The van der Waals surface area contributed by atoms with Crippen LogP contribution in [-0.4, -0.2) is 28.0 Å². The Morgan fingerprint density at radius 1 is 0.886 bits per heavy atom. The van der Waals surface area contributed by atoms with Crippen LogP contribution in [0.4, 0.5) is 11.4 Å². The Morgan fingerprint density at radius 2 is 1.51 bits per heavy atom. The first kappa shape index (κ1) is 24.1. The smallest absolute Gasteiger partial charge is 0.326 e. The normalized spacial score (nSPS) is 11.7. The SMILES string of the molecule is O=C(Nc1c(Cl)cncc1Cl)c1ccc(C[C@H](Nc2c(-c3ccccc3)c(=O)c2=O)C(=O)O)cc1. The predicted octanol–water partition coefficient (Wildman–Crippen LogP) is 4.01. The van der Waals surface area contributed by atoms with Crippen molar-refractivity contribution in [2.75, 3.05) is 10.6 Å². The molecule has 3 N–H and O–H groups in total. The molecule has 1 aromatic heterocycles. The van der Waals surface area contributed by atoms with Crippen molar-refractivity contribution in [1.82, 2.24) is 4.98 Å². The van der Waals surface area contributed by atoms with Crippen LogP contribution in [0.15, 0.2) is 76.6 Å². The van der Waals surface area contributed by atoms with E-state index in [-0.39, 0.29) is 33.4 Å². The third-order valence-corrected chi connectivity index (χ3v) is 5.91. The van der Waals surface area contributed by atoms with Gasteiger partial charge >= 0.3 is 5.97 Å². The molecular weight excluding hydrogens is 493 g/mol. The highest BCUT2D eigenvalue weighted by atomic mass is 35.5. The number of carbonyl (C=O) groups excluding carboxylic acids is 1. The topological polar surface area (TPSA) is 125 Å². The summed E-state index contributed by atoms with van der Waals surface area (Å²) in [6.07, 6.45) is 2.71. The maximum atomic E-state index is 12.6. The summed E-state index contributed by atoms with van der Waals surface area (Å²) in [5, 5.41) is 15.4. The molecule has 0 bridgehead atoms. The standard InChI is InChI=1S/C25H17Cl2N3O5/c26-16-11-28-12-17(27)20(16)30-24(33)15-8-6-13(7-9-15)10-18(25(34)35)29-21-19(22(31)23(21)32)14-4-2-1-3-5-14/h1-9,11-12,18,29H,10H2,(H,34,35)(H,28,30,33)/t18-/m0/s1. The summed E-state index contributed by atoms with van der Waals surface area (Å²) in [6.45, 7) is 0. The Hall–Kier alpha value is -4.01. The average Bonchev–Trinajstić information content (AvgIpc) is 2.85. The van der Waals surface area contributed by atoms with E-state index >= 15 is 0 Å². The number of aromatic nitrogens is 1. The molecule has 1 atom stereocenters. The number of anilines is 2. The number of nitrogens with zero attached hydrogens (tertiary/aromatic N) is 1. The quantitative estimate of drug-likeness (QED) is 0.306. The monoisotopic (exact) mass is 509 g/mol. The molecule has 0 aliphatic rings. The minimum Gasteiger partial charge on any atom is -0.480 e. The Morgan fingerprint density at radius 3 is 2.11 bits per heavy atom. The van der Waals surface area contributed by atoms with Gasteiger partial charge in [0.25, 0.3) is 5.91 Å². The van der Waals surface area contributed by atoms with Gasteiger partial charge in [-0.3, -0.25) is 19.4 Å². The first-order valence-corrected chi connectivity index (χ1v) is 11.1. The molecule has 4 rings (SSSR count). The zero-order valence-electron chi connectivity index (χ0n) is 17.9. The van der Waals surface area contributed by atoms with Crippen molar-refractivity contribution in [3.8, 4) is 11.1 Å². The van der Waals surface area contributed by atoms with Crippen molar-refractivity contribution >= 4 is 46.5 Å². The molecule has 0 spiro atoms. The van der Waals surface area contributed by atoms with Crippen molar-refractivity contribution < 1.29 is 14.7 Å². The van der Waals surface area contributed by atoms with Gasteiger partial charge in [0.1, 0.15) is 6.04 Å². The van der Waals surface area contributed by atoms with E-state index in [1.807, 2.05) is 0 Å². The van der Waals surface area contributed by atoms with E-state index in [0.717, 1.165) is 0 Å². The minimum absolute atomic E-state index is 0.00623. The number of carboxylic acid groups (broad SMARTS) is 1. The number of hydrogen-bond acceptors (Lipinski definition) is 6. The summed E-state index contributed by atoms with van der Waals surface area (Å²) in [5.41, 5.74) is 0.400. The Labute approximate surface area is 208 Å². The lowest BCUT2D eigenvalue weighted by atomic mass is 9.97. The summed E-state index contributed by atoms with van der Waals surface area (Å²) >= 11 is 12.1. The number of aliphatic carboxylic acids is 1. The van der Waals surface area contributed by atoms with Crippen LogP contribution in [0.1, 0.15) is 15.9 Å². The highest BCUT2D eigenvalue weighted by Gasteiger charge is 2.27. The Kier molecular flexibility index (Phi) is 6.95. The molecule has 0 unspecified atom stereocenters. The number of benzene rings is 2. The molecule has 10 heteroatoms. The molecule has 0 aliphatic heterocycles. The van der Waals surface area contributed by atoms with Crippen molar-refractivity contribution in [3.05, 3.63) is 109 Å². The van der Waals surface area contributed by atoms with E-state index in [4.69, 9.17) is 23.2 Å². The third-order valence-electron chi connectivity index (χ3n) is 5.34. The van der Waals surface area contributed by atoms with E-state index in [9.17, 15) is 24.3 Å². The molecule has 0 radical (unpaired) electrons. The zero-order chi connectivity index (χ0) is 25.1. The van der Waals surface area contributed by atoms with Crippen molar-refractivity contribution in [1.29, 1.82) is 0 Å². The van der Waals surface area contributed by atoms with Crippen molar-refractivity contribution in [2.24, 2.45) is 0 Å². The van der Waals surface area contributed by atoms with Gasteiger partial charge in [-0.25, -0.2) is 4.79 Å². The van der Waals surface area contributed by atoms with Gasteiger partial charge in [0, 0.05) is 24.4 Å². The number of hydrogen-bond donors (Lipinski definition) is 3. The van der Waals surface area contributed by atoms with Gasteiger partial charge in [0.2, 0.25) is 10.9 Å². The number of halogens is 2. The van der Waals surface area contributed by atoms with Gasteiger partial charge in [-0.15, -0.1) is 0 Å². The van der Waals surface area contributed by atoms with Crippen LogP contribution in [0, 0.1) is 0 Å². The lowest BCUT2D eigenvalue weighted by Gasteiger charge is -2.19. The van der Waals surface area contributed by atoms with E-state index in [2.05, 4.69) is 15.6 Å². The fraction of sp³-hybridized carbons (Fsp3) is 0.0800. The Balaban J connectivity index is 1.49. The first-order chi connectivity index (χ1) is 16.8. The lowest BCUT2D eigenvalue weighted by molar-refractivity contribution is -0.137. The Bertz CT molecular complexity index is 1460. The largest absolute Gasteiger partial charge is 0.480 e. The molecule has 0 aliphatic carbocycles. The van der Waals surface area contributed by atoms with Crippen LogP contribution >= 0.6 is 23.2 Å².